The lowest BCUT2D eigenvalue weighted by Gasteiger charge is -2.48. The highest BCUT2D eigenvalue weighted by Gasteiger charge is 2.43. The maximum Gasteiger partial charge on any atom is 0.257 e. The predicted molar refractivity (Wildman–Crippen MR) is 97.6 cm³/mol. The number of fused-ring (bicyclic) bond motifs is 1. The summed E-state index contributed by atoms with van der Waals surface area (Å²) in [6.45, 7) is 9.09. The Balaban J connectivity index is 1.56. The first-order chi connectivity index (χ1) is 12.3. The zero-order valence-corrected chi connectivity index (χ0v) is 15.5. The lowest BCUT2D eigenvalue weighted by atomic mass is 9.75. The van der Waals surface area contributed by atoms with Gasteiger partial charge in [0.25, 0.3) is 5.91 Å². The molecule has 0 bridgehead atoms. The number of nitrogens with one attached hydrogen (secondary N) is 1. The molecule has 3 amide bonds. The molecule has 1 N–H and O–H groups in total. The molecule has 1 aromatic carbocycles. The molecule has 2 saturated heterocycles. The number of anilines is 1. The molecule has 0 spiro atoms. The van der Waals surface area contributed by atoms with E-state index in [1.807, 2.05) is 18.2 Å². The third kappa shape index (κ3) is 2.68. The summed E-state index contributed by atoms with van der Waals surface area (Å²) in [7, 11) is 0. The van der Waals surface area contributed by atoms with E-state index in [-0.39, 0.29) is 29.6 Å². The average molecular weight is 355 g/mol. The van der Waals surface area contributed by atoms with Crippen LogP contribution < -0.4 is 10.2 Å². The van der Waals surface area contributed by atoms with Gasteiger partial charge in [0, 0.05) is 31.7 Å². The molecule has 138 valence electrons. The Morgan fingerprint density at radius 3 is 2.50 bits per heavy atom. The third-order valence-electron chi connectivity index (χ3n) is 5.98. The van der Waals surface area contributed by atoms with Crippen molar-refractivity contribution in [1.29, 1.82) is 0 Å². The van der Waals surface area contributed by atoms with Crippen molar-refractivity contribution in [3.63, 3.8) is 0 Å². The topological polar surface area (TPSA) is 69.7 Å². The van der Waals surface area contributed by atoms with Crippen molar-refractivity contribution >= 4 is 23.4 Å². The predicted octanol–water partition coefficient (Wildman–Crippen LogP) is 1.93. The van der Waals surface area contributed by atoms with Crippen LogP contribution in [0.15, 0.2) is 18.2 Å². The second-order valence-electron chi connectivity index (χ2n) is 8.68. The van der Waals surface area contributed by atoms with Gasteiger partial charge < -0.3 is 9.80 Å². The van der Waals surface area contributed by atoms with E-state index in [0.29, 0.717) is 18.9 Å². The van der Waals surface area contributed by atoms with Crippen LogP contribution in [0.25, 0.3) is 0 Å². The summed E-state index contributed by atoms with van der Waals surface area (Å²) in [5.41, 5.74) is 2.93. The van der Waals surface area contributed by atoms with E-state index in [9.17, 15) is 14.4 Å². The molecule has 0 radical (unpaired) electrons. The molecule has 2 fully saturated rings. The van der Waals surface area contributed by atoms with E-state index in [1.54, 1.807) is 4.90 Å². The minimum Gasteiger partial charge on any atom is -0.370 e. The van der Waals surface area contributed by atoms with Crippen LogP contribution in [-0.2, 0) is 16.1 Å². The standard InChI is InChI=1S/C20H25N3O3/c1-20(2,3)13-10-22(11-13)14-6-4-5-12-9-23(19(26)17(12)14)15-7-8-16(24)21-18(15)25/h4-6,13,15H,7-11H2,1-3H3,(H,21,24,25). The lowest BCUT2D eigenvalue weighted by Crippen LogP contribution is -2.53. The normalized spacial score (nSPS) is 23.8. The summed E-state index contributed by atoms with van der Waals surface area (Å²) in [6, 6.07) is 5.40. The lowest BCUT2D eigenvalue weighted by molar-refractivity contribution is -0.136. The Hall–Kier alpha value is -2.37. The van der Waals surface area contributed by atoms with Crippen molar-refractivity contribution in [3.05, 3.63) is 29.3 Å². The van der Waals surface area contributed by atoms with E-state index in [0.717, 1.165) is 29.9 Å². The van der Waals surface area contributed by atoms with Gasteiger partial charge in [-0.15, -0.1) is 0 Å². The number of nitrogens with zero attached hydrogens (tertiary/aromatic N) is 2. The van der Waals surface area contributed by atoms with E-state index in [1.165, 1.54) is 0 Å². The van der Waals surface area contributed by atoms with Gasteiger partial charge in [-0.3, -0.25) is 19.7 Å². The van der Waals surface area contributed by atoms with Gasteiger partial charge in [-0.25, -0.2) is 0 Å². The first-order valence-electron chi connectivity index (χ1n) is 9.27. The Labute approximate surface area is 153 Å². The zero-order chi connectivity index (χ0) is 18.6. The van der Waals surface area contributed by atoms with Crippen molar-refractivity contribution in [2.24, 2.45) is 11.3 Å². The minimum absolute atomic E-state index is 0.0932. The number of piperidine rings is 1. The Morgan fingerprint density at radius 2 is 1.85 bits per heavy atom. The van der Waals surface area contributed by atoms with Crippen LogP contribution >= 0.6 is 0 Å². The average Bonchev–Trinajstić information content (AvgIpc) is 2.82. The van der Waals surface area contributed by atoms with Crippen molar-refractivity contribution in [3.8, 4) is 0 Å². The van der Waals surface area contributed by atoms with Gasteiger partial charge in [-0.1, -0.05) is 32.9 Å². The van der Waals surface area contributed by atoms with Crippen LogP contribution in [0.4, 0.5) is 5.69 Å². The van der Waals surface area contributed by atoms with Gasteiger partial charge >= 0.3 is 0 Å². The van der Waals surface area contributed by atoms with Crippen molar-refractivity contribution in [1.82, 2.24) is 10.2 Å². The second-order valence-corrected chi connectivity index (χ2v) is 8.68. The molecule has 1 aromatic rings. The van der Waals surface area contributed by atoms with E-state index in [2.05, 4.69) is 31.0 Å². The van der Waals surface area contributed by atoms with Crippen molar-refractivity contribution in [2.45, 2.75) is 46.2 Å². The maximum absolute atomic E-state index is 13.1. The molecule has 4 rings (SSSR count). The molecule has 3 aliphatic rings. The van der Waals surface area contributed by atoms with Crippen LogP contribution in [0.3, 0.4) is 0 Å². The highest BCUT2D eigenvalue weighted by atomic mass is 16.2. The second kappa shape index (κ2) is 5.83. The fraction of sp³-hybridized carbons (Fsp3) is 0.550. The number of hydrogen-bond acceptors (Lipinski definition) is 4. The first-order valence-corrected chi connectivity index (χ1v) is 9.27. The SMILES string of the molecule is CC(C)(C)C1CN(c2cccc3c2C(=O)N(C2CCC(=O)NC2=O)C3)C1. The Morgan fingerprint density at radius 1 is 1.12 bits per heavy atom. The van der Waals surface area contributed by atoms with Crippen LogP contribution in [-0.4, -0.2) is 41.8 Å². The largest absolute Gasteiger partial charge is 0.370 e. The van der Waals surface area contributed by atoms with Gasteiger partial charge in [0.05, 0.1) is 5.56 Å². The quantitative estimate of drug-likeness (QED) is 0.823. The molecule has 0 aliphatic carbocycles. The highest BCUT2D eigenvalue weighted by molar-refractivity contribution is 6.08. The number of rotatable bonds is 2. The fourth-order valence-electron chi connectivity index (χ4n) is 4.08. The van der Waals surface area contributed by atoms with E-state index >= 15 is 0 Å². The van der Waals surface area contributed by atoms with Crippen LogP contribution in [0.5, 0.6) is 0 Å². The number of amides is 3. The fourth-order valence-corrected chi connectivity index (χ4v) is 4.08. The van der Waals surface area contributed by atoms with Gasteiger partial charge in [0.1, 0.15) is 6.04 Å². The van der Waals surface area contributed by atoms with Gasteiger partial charge in [0.15, 0.2) is 0 Å². The number of imide groups is 1. The number of carbonyl (C=O) groups is 3. The monoisotopic (exact) mass is 355 g/mol. The van der Waals surface area contributed by atoms with Gasteiger partial charge in [0.2, 0.25) is 11.8 Å². The first kappa shape index (κ1) is 17.1. The molecule has 0 saturated carbocycles. The number of hydrogen-bond donors (Lipinski definition) is 1. The zero-order valence-electron chi connectivity index (χ0n) is 15.5. The van der Waals surface area contributed by atoms with E-state index in [4.69, 9.17) is 0 Å². The van der Waals surface area contributed by atoms with Gasteiger partial charge in [-0.05, 0) is 29.4 Å². The summed E-state index contributed by atoms with van der Waals surface area (Å²) in [4.78, 5) is 40.6. The van der Waals surface area contributed by atoms with Crippen LogP contribution in [0.1, 0.15) is 49.5 Å². The molecule has 6 nitrogen and oxygen atoms in total. The summed E-state index contributed by atoms with van der Waals surface area (Å²) >= 11 is 0. The molecule has 26 heavy (non-hydrogen) atoms. The van der Waals surface area contributed by atoms with Crippen molar-refractivity contribution in [2.75, 3.05) is 18.0 Å². The molecule has 6 heteroatoms. The van der Waals surface area contributed by atoms with Crippen LogP contribution in [0, 0.1) is 11.3 Å². The molecule has 3 aliphatic heterocycles. The molecule has 1 unspecified atom stereocenters. The van der Waals surface area contributed by atoms with Crippen LogP contribution in [0.2, 0.25) is 0 Å². The third-order valence-corrected chi connectivity index (χ3v) is 5.98. The van der Waals surface area contributed by atoms with E-state index < -0.39 is 6.04 Å². The Kier molecular flexibility index (Phi) is 3.82. The molecule has 0 aromatic heterocycles. The molecular formula is C20H25N3O3. The van der Waals surface area contributed by atoms with Gasteiger partial charge in [-0.2, -0.15) is 0 Å². The summed E-state index contributed by atoms with van der Waals surface area (Å²) in [5.74, 6) is -0.101. The number of carbonyl (C=O) groups excluding carboxylic acids is 3. The maximum atomic E-state index is 13.1. The summed E-state index contributed by atoms with van der Waals surface area (Å²) < 4.78 is 0. The highest BCUT2D eigenvalue weighted by Crippen LogP contribution is 2.40. The summed E-state index contributed by atoms with van der Waals surface area (Å²) in [5, 5.41) is 2.35. The summed E-state index contributed by atoms with van der Waals surface area (Å²) in [6.07, 6.45) is 0.679. The smallest absolute Gasteiger partial charge is 0.257 e. The Bertz CT molecular complexity index is 790. The molecular weight excluding hydrogens is 330 g/mol. The van der Waals surface area contributed by atoms with Crippen molar-refractivity contribution < 1.29 is 14.4 Å². The molecule has 1 atom stereocenters. The number of benzene rings is 1. The molecule has 3 heterocycles. The minimum atomic E-state index is -0.556.